The quantitative estimate of drug-likeness (QED) is 0.596. The summed E-state index contributed by atoms with van der Waals surface area (Å²) in [5, 5.41) is 22.7. The Hall–Kier alpha value is -1.81. The van der Waals surface area contributed by atoms with Crippen LogP contribution in [0, 0.1) is 0 Å². The summed E-state index contributed by atoms with van der Waals surface area (Å²) in [6.07, 6.45) is -3.50. The Bertz CT molecular complexity index is 1080. The second kappa shape index (κ2) is 7.16. The average molecular weight is 440 g/mol. The fourth-order valence-corrected chi connectivity index (χ4v) is 4.40. The fourth-order valence-electron chi connectivity index (χ4n) is 4.03. The number of alkyl halides is 1. The van der Waals surface area contributed by atoms with Gasteiger partial charge in [-0.1, -0.05) is 29.3 Å². The average Bonchev–Trinajstić information content (AvgIpc) is 3.26. The Labute approximate surface area is 174 Å². The van der Waals surface area contributed by atoms with Gasteiger partial charge in [0, 0.05) is 11.2 Å². The van der Waals surface area contributed by atoms with Gasteiger partial charge in [-0.15, -0.1) is 0 Å². The Balaban J connectivity index is 1.51. The van der Waals surface area contributed by atoms with Crippen molar-refractivity contribution >= 4 is 34.2 Å². The first-order valence-corrected chi connectivity index (χ1v) is 9.75. The molecule has 0 saturated carbocycles. The number of aliphatic hydroxyl groups excluding tert-OH is 2. The van der Waals surface area contributed by atoms with E-state index in [1.165, 1.54) is 6.33 Å². The number of ether oxygens (including phenoxy) is 2. The molecule has 7 nitrogen and oxygen atoms in total. The zero-order chi connectivity index (χ0) is 20.3. The lowest BCUT2D eigenvalue weighted by Crippen LogP contribution is -2.38. The van der Waals surface area contributed by atoms with Gasteiger partial charge < -0.3 is 24.3 Å². The smallest absolute Gasteiger partial charge is 0.164 e. The molecule has 152 valence electrons. The minimum atomic E-state index is -1.33. The van der Waals surface area contributed by atoms with Crippen molar-refractivity contribution in [2.24, 2.45) is 0 Å². The molecule has 1 fully saturated rings. The second-order valence-corrected chi connectivity index (χ2v) is 7.89. The van der Waals surface area contributed by atoms with Gasteiger partial charge in [0.05, 0.1) is 12.0 Å². The molecule has 5 rings (SSSR count). The van der Waals surface area contributed by atoms with E-state index >= 15 is 0 Å². The molecule has 2 aliphatic rings. The normalized spacial score (nSPS) is 31.9. The first-order valence-electron chi connectivity index (χ1n) is 8.99. The third-order valence-corrected chi connectivity index (χ3v) is 5.96. The van der Waals surface area contributed by atoms with E-state index in [0.29, 0.717) is 27.2 Å². The lowest BCUT2D eigenvalue weighted by molar-refractivity contribution is -0.124. The Kier molecular flexibility index (Phi) is 4.73. The molecule has 0 amide bonds. The Morgan fingerprint density at radius 3 is 2.76 bits per heavy atom. The third kappa shape index (κ3) is 3.02. The van der Waals surface area contributed by atoms with Crippen LogP contribution in [0.4, 0.5) is 4.39 Å². The predicted molar refractivity (Wildman–Crippen MR) is 102 cm³/mol. The van der Waals surface area contributed by atoms with Crippen molar-refractivity contribution in [2.45, 2.75) is 36.8 Å². The Morgan fingerprint density at radius 2 is 1.93 bits per heavy atom. The first-order chi connectivity index (χ1) is 14.0. The number of fused-ring (bicyclic) bond motifs is 2. The molecule has 1 aromatic carbocycles. The van der Waals surface area contributed by atoms with Crippen molar-refractivity contribution in [1.29, 1.82) is 0 Å². The van der Waals surface area contributed by atoms with E-state index < -0.39 is 36.8 Å². The van der Waals surface area contributed by atoms with E-state index in [2.05, 4.69) is 9.97 Å². The summed E-state index contributed by atoms with van der Waals surface area (Å²) in [7, 11) is 0. The molecule has 0 unspecified atom stereocenters. The van der Waals surface area contributed by atoms with E-state index in [1.807, 2.05) is 0 Å². The summed E-state index contributed by atoms with van der Waals surface area (Å²) in [6.45, 7) is -0.194. The van der Waals surface area contributed by atoms with E-state index in [4.69, 9.17) is 32.7 Å². The van der Waals surface area contributed by atoms with Crippen molar-refractivity contribution in [3.63, 3.8) is 0 Å². The van der Waals surface area contributed by atoms with Crippen LogP contribution in [0.5, 0.6) is 0 Å². The number of hydrogen-bond donors (Lipinski definition) is 2. The molecule has 2 N–H and O–H groups in total. The van der Waals surface area contributed by atoms with Crippen molar-refractivity contribution in [1.82, 2.24) is 14.5 Å². The fraction of sp³-hybridized carbons (Fsp3) is 0.368. The van der Waals surface area contributed by atoms with Gasteiger partial charge in [0.15, 0.2) is 6.23 Å². The second-order valence-electron chi connectivity index (χ2n) is 7.09. The van der Waals surface area contributed by atoms with Crippen LogP contribution in [0.3, 0.4) is 0 Å². The maximum Gasteiger partial charge on any atom is 0.164 e. The molecule has 4 heterocycles. The van der Waals surface area contributed by atoms with Crippen LogP contribution < -0.4 is 0 Å². The molecule has 1 saturated heterocycles. The van der Waals surface area contributed by atoms with Gasteiger partial charge >= 0.3 is 0 Å². The zero-order valence-electron chi connectivity index (χ0n) is 14.8. The summed E-state index contributed by atoms with van der Waals surface area (Å²) in [5.74, 6) is 0. The van der Waals surface area contributed by atoms with Gasteiger partial charge in [-0.25, -0.2) is 14.4 Å². The number of rotatable bonds is 2. The molecule has 0 spiro atoms. The van der Waals surface area contributed by atoms with Crippen molar-refractivity contribution in [3.05, 3.63) is 58.1 Å². The molecular formula is C19H16Cl2FN3O4. The molecule has 6 atom stereocenters. The molecule has 2 aliphatic heterocycles. The summed E-state index contributed by atoms with van der Waals surface area (Å²) in [4.78, 5) is 8.13. The van der Waals surface area contributed by atoms with Gasteiger partial charge in [0.25, 0.3) is 0 Å². The van der Waals surface area contributed by atoms with Crippen molar-refractivity contribution in [2.75, 3.05) is 6.61 Å². The molecule has 0 radical (unpaired) electrons. The van der Waals surface area contributed by atoms with Crippen LogP contribution in [-0.4, -0.2) is 49.7 Å². The minimum absolute atomic E-state index is 0.194. The van der Waals surface area contributed by atoms with Gasteiger partial charge in [-0.2, -0.15) is 0 Å². The van der Waals surface area contributed by atoms with Crippen LogP contribution in [0.1, 0.15) is 29.6 Å². The first kappa shape index (κ1) is 19.2. The lowest BCUT2D eigenvalue weighted by Gasteiger charge is -2.33. The molecule has 0 bridgehead atoms. The predicted octanol–water partition coefficient (Wildman–Crippen LogP) is 3.14. The molecule has 2 aromatic heterocycles. The largest absolute Gasteiger partial charge is 0.387 e. The monoisotopic (exact) mass is 439 g/mol. The maximum atomic E-state index is 14.3. The van der Waals surface area contributed by atoms with E-state index in [-0.39, 0.29) is 11.8 Å². The lowest BCUT2D eigenvalue weighted by atomic mass is 9.91. The highest BCUT2D eigenvalue weighted by Gasteiger charge is 2.50. The van der Waals surface area contributed by atoms with Crippen LogP contribution >= 0.6 is 23.2 Å². The van der Waals surface area contributed by atoms with Crippen LogP contribution in [0.25, 0.3) is 11.0 Å². The van der Waals surface area contributed by atoms with Crippen LogP contribution in [0.15, 0.2) is 36.8 Å². The van der Waals surface area contributed by atoms with Gasteiger partial charge in [0.1, 0.15) is 47.7 Å². The van der Waals surface area contributed by atoms with Crippen molar-refractivity contribution < 1.29 is 24.1 Å². The maximum absolute atomic E-state index is 14.3. The third-order valence-electron chi connectivity index (χ3n) is 5.42. The summed E-state index contributed by atoms with van der Waals surface area (Å²) in [6, 6.07) is 6.53. The number of nitrogens with zero attached hydrogens (tertiary/aromatic N) is 3. The topological polar surface area (TPSA) is 89.6 Å². The van der Waals surface area contributed by atoms with Gasteiger partial charge in [0.2, 0.25) is 0 Å². The number of hydrogen-bond acceptors (Lipinski definition) is 6. The van der Waals surface area contributed by atoms with Crippen LogP contribution in [0.2, 0.25) is 10.2 Å². The molecule has 3 aromatic rings. The van der Waals surface area contributed by atoms with Crippen LogP contribution in [-0.2, 0) is 9.47 Å². The van der Waals surface area contributed by atoms with E-state index in [1.54, 1.807) is 35.0 Å². The molecule has 0 aliphatic carbocycles. The zero-order valence-corrected chi connectivity index (χ0v) is 16.3. The van der Waals surface area contributed by atoms with Crippen molar-refractivity contribution in [3.8, 4) is 0 Å². The number of aliphatic hydroxyl groups is 2. The highest BCUT2D eigenvalue weighted by molar-refractivity contribution is 6.33. The molecule has 10 heteroatoms. The minimum Gasteiger partial charge on any atom is -0.387 e. The SMILES string of the molecule is O[C@@H]1[C@H](O)[C@H]([C@@H]2OC[C@H](F)c3cc(Cl)ccc32)O[C@H]1n1ccc2c(Cl)ncnc21. The Morgan fingerprint density at radius 1 is 1.10 bits per heavy atom. The summed E-state index contributed by atoms with van der Waals surface area (Å²) >= 11 is 12.1. The summed E-state index contributed by atoms with van der Waals surface area (Å²) in [5.41, 5.74) is 1.39. The van der Waals surface area contributed by atoms with E-state index in [9.17, 15) is 14.6 Å². The standard InChI is InChI=1S/C19H16Cl2FN3O4/c20-8-1-2-9-11(5-8)12(22)6-28-15(9)16-13(26)14(27)19(29-16)25-4-3-10-17(21)23-7-24-18(10)25/h1-5,7,12-16,19,26-27H,6H2/t12-,13-,14+,15+,16+,19+/m0/s1. The number of aromatic nitrogens is 3. The van der Waals surface area contributed by atoms with Gasteiger partial charge in [-0.3, -0.25) is 0 Å². The highest BCUT2D eigenvalue weighted by Crippen LogP contribution is 2.44. The number of benzene rings is 1. The van der Waals surface area contributed by atoms with Gasteiger partial charge in [-0.05, 0) is 29.3 Å². The molecular weight excluding hydrogens is 424 g/mol. The summed E-state index contributed by atoms with van der Waals surface area (Å²) < 4.78 is 27.6. The highest BCUT2D eigenvalue weighted by atomic mass is 35.5. The number of halogens is 3. The van der Waals surface area contributed by atoms with E-state index in [0.717, 1.165) is 0 Å². The molecule has 29 heavy (non-hydrogen) atoms.